The molecule has 0 N–H and O–H groups in total. The van der Waals surface area contributed by atoms with Gasteiger partial charge >= 0.3 is 6.36 Å². The van der Waals surface area contributed by atoms with Gasteiger partial charge in [0.2, 0.25) is 0 Å². The van der Waals surface area contributed by atoms with Crippen LogP contribution in [0.1, 0.15) is 0 Å². The summed E-state index contributed by atoms with van der Waals surface area (Å²) in [6, 6.07) is 2.61. The minimum absolute atomic E-state index is 0.521. The normalized spacial score (nSPS) is 11.5. The van der Waals surface area contributed by atoms with E-state index < -0.39 is 23.7 Å². The minimum Gasteiger partial charge on any atom is -0.402 e. The van der Waals surface area contributed by atoms with Gasteiger partial charge in [0.25, 0.3) is 0 Å². The molecule has 0 atom stereocenters. The van der Waals surface area contributed by atoms with E-state index in [9.17, 15) is 22.0 Å². The molecule has 6 heteroatoms. The Kier molecular flexibility index (Phi) is 2.40. The summed E-state index contributed by atoms with van der Waals surface area (Å²) in [6.07, 6.45) is -5.05. The second-order valence-electron chi connectivity index (χ2n) is 2.03. The third-order valence-corrected chi connectivity index (χ3v) is 1.04. The fourth-order valence-corrected chi connectivity index (χ4v) is 0.622. The van der Waals surface area contributed by atoms with Gasteiger partial charge < -0.3 is 4.74 Å². The van der Waals surface area contributed by atoms with E-state index in [1.54, 1.807) is 0 Å². The summed E-state index contributed by atoms with van der Waals surface area (Å²) in [5, 5.41) is 0. The summed E-state index contributed by atoms with van der Waals surface area (Å²) in [5.74, 6) is -3.74. The van der Waals surface area contributed by atoms with Crippen molar-refractivity contribution in [3.63, 3.8) is 0 Å². The Bertz CT molecular complexity index is 306. The Balaban J connectivity index is 2.94. The fraction of sp³-hybridized carbons (Fsp3) is 0.143. The molecule has 0 unspecified atom stereocenters. The number of alkyl halides is 3. The van der Waals surface area contributed by atoms with Gasteiger partial charge in [-0.3, -0.25) is 0 Å². The van der Waals surface area contributed by atoms with E-state index in [2.05, 4.69) is 4.74 Å². The molecule has 0 bridgehead atoms. The first-order valence-corrected chi connectivity index (χ1v) is 3.01. The zero-order chi connectivity index (χ0) is 10.1. The van der Waals surface area contributed by atoms with Crippen molar-refractivity contribution in [3.8, 4) is 5.75 Å². The lowest BCUT2D eigenvalue weighted by molar-refractivity contribution is -0.275. The van der Waals surface area contributed by atoms with E-state index in [1.807, 2.05) is 0 Å². The van der Waals surface area contributed by atoms with Gasteiger partial charge in [-0.25, -0.2) is 8.78 Å². The van der Waals surface area contributed by atoms with Crippen LogP contribution in [0.2, 0.25) is 0 Å². The Morgan fingerprint density at radius 1 is 1.15 bits per heavy atom. The lowest BCUT2D eigenvalue weighted by Gasteiger charge is -2.08. The summed E-state index contributed by atoms with van der Waals surface area (Å²) < 4.78 is 62.4. The number of hydrogen-bond acceptors (Lipinski definition) is 1. The first kappa shape index (κ1) is 9.76. The van der Waals surface area contributed by atoms with Crippen LogP contribution in [-0.4, -0.2) is 6.36 Å². The molecule has 0 saturated heterocycles. The molecular weight excluding hydrogens is 195 g/mol. The lowest BCUT2D eigenvalue weighted by atomic mass is 10.3. The second kappa shape index (κ2) is 3.20. The predicted octanol–water partition coefficient (Wildman–Crippen LogP) is 2.66. The predicted molar refractivity (Wildman–Crippen MR) is 31.9 cm³/mol. The quantitative estimate of drug-likeness (QED) is 0.629. The summed E-state index contributed by atoms with van der Waals surface area (Å²) in [4.78, 5) is 0. The molecule has 0 fully saturated rings. The highest BCUT2D eigenvalue weighted by molar-refractivity contribution is 5.23. The maximum Gasteiger partial charge on any atom is 0.573 e. The van der Waals surface area contributed by atoms with Crippen molar-refractivity contribution < 1.29 is 26.7 Å². The number of benzene rings is 1. The van der Waals surface area contributed by atoms with Gasteiger partial charge in [-0.2, -0.15) is 0 Å². The molecule has 0 heterocycles. The van der Waals surface area contributed by atoms with Crippen LogP contribution in [0.5, 0.6) is 5.75 Å². The molecule has 0 saturated carbocycles. The summed E-state index contributed by atoms with van der Waals surface area (Å²) in [6.45, 7) is 0. The molecule has 0 aromatic heterocycles. The van der Waals surface area contributed by atoms with Crippen molar-refractivity contribution in [3.05, 3.63) is 29.8 Å². The topological polar surface area (TPSA) is 9.23 Å². The molecule has 0 aliphatic heterocycles. The van der Waals surface area contributed by atoms with Gasteiger partial charge in [0.1, 0.15) is 5.82 Å². The fourth-order valence-electron chi connectivity index (χ4n) is 0.622. The van der Waals surface area contributed by atoms with Gasteiger partial charge in [-0.15, -0.1) is 13.2 Å². The number of halogens is 5. The molecule has 0 aliphatic carbocycles. The van der Waals surface area contributed by atoms with Crippen molar-refractivity contribution in [2.45, 2.75) is 6.36 Å². The van der Waals surface area contributed by atoms with Crippen molar-refractivity contribution in [2.75, 3.05) is 0 Å². The van der Waals surface area contributed by atoms with Gasteiger partial charge in [0.05, 0.1) is 6.07 Å². The molecule has 71 valence electrons. The molecule has 1 radical (unpaired) electrons. The average Bonchev–Trinajstić information content (AvgIpc) is 1.94. The van der Waals surface area contributed by atoms with Crippen LogP contribution in [0.3, 0.4) is 0 Å². The molecule has 1 nitrogen and oxygen atoms in total. The zero-order valence-corrected chi connectivity index (χ0v) is 5.95. The Labute approximate surface area is 69.7 Å². The van der Waals surface area contributed by atoms with E-state index in [0.717, 1.165) is 0 Å². The third-order valence-electron chi connectivity index (χ3n) is 1.04. The zero-order valence-electron chi connectivity index (χ0n) is 5.95. The van der Waals surface area contributed by atoms with Crippen LogP contribution in [0.15, 0.2) is 12.1 Å². The van der Waals surface area contributed by atoms with Gasteiger partial charge in [-0.05, 0) is 12.1 Å². The first-order chi connectivity index (χ1) is 5.88. The minimum atomic E-state index is -5.05. The molecule has 13 heavy (non-hydrogen) atoms. The monoisotopic (exact) mass is 197 g/mol. The third kappa shape index (κ3) is 2.89. The van der Waals surface area contributed by atoms with Crippen LogP contribution in [0, 0.1) is 17.7 Å². The smallest absolute Gasteiger partial charge is 0.402 e. The second-order valence-corrected chi connectivity index (χ2v) is 2.03. The van der Waals surface area contributed by atoms with Crippen molar-refractivity contribution in [1.82, 2.24) is 0 Å². The van der Waals surface area contributed by atoms with E-state index in [0.29, 0.717) is 12.1 Å². The number of rotatable bonds is 1. The maximum absolute atomic E-state index is 12.5. The molecule has 0 amide bonds. The van der Waals surface area contributed by atoms with Crippen LogP contribution in [-0.2, 0) is 0 Å². The molecule has 0 spiro atoms. The molecule has 1 aromatic rings. The summed E-state index contributed by atoms with van der Waals surface area (Å²) >= 11 is 0. The van der Waals surface area contributed by atoms with Gasteiger partial charge in [-0.1, -0.05) is 0 Å². The van der Waals surface area contributed by atoms with Crippen LogP contribution >= 0.6 is 0 Å². The lowest BCUT2D eigenvalue weighted by Crippen LogP contribution is -2.18. The molecule has 1 aromatic carbocycles. The Morgan fingerprint density at radius 2 is 1.77 bits per heavy atom. The average molecular weight is 197 g/mol. The summed E-state index contributed by atoms with van der Waals surface area (Å²) in [7, 11) is 0. The Hall–Kier alpha value is -1.33. The van der Waals surface area contributed by atoms with Crippen LogP contribution in [0.25, 0.3) is 0 Å². The highest BCUT2D eigenvalue weighted by Crippen LogP contribution is 2.25. The standard InChI is InChI=1S/C7H2F5O/c8-4-1-2-5(9)6(3-4)13-7(10,11)12/h1-2H. The van der Waals surface area contributed by atoms with E-state index in [-0.39, 0.29) is 0 Å². The Morgan fingerprint density at radius 3 is 2.31 bits per heavy atom. The van der Waals surface area contributed by atoms with Gasteiger partial charge in [0, 0.05) is 0 Å². The molecular formula is C7H2F5O. The molecule has 1 rings (SSSR count). The van der Waals surface area contributed by atoms with Crippen molar-refractivity contribution in [2.24, 2.45) is 0 Å². The van der Waals surface area contributed by atoms with Crippen molar-refractivity contribution >= 4 is 0 Å². The number of hydrogen-bond donors (Lipinski definition) is 0. The molecule has 0 aliphatic rings. The largest absolute Gasteiger partial charge is 0.573 e. The number of ether oxygens (including phenoxy) is 1. The van der Waals surface area contributed by atoms with Crippen molar-refractivity contribution in [1.29, 1.82) is 0 Å². The van der Waals surface area contributed by atoms with Crippen LogP contribution in [0.4, 0.5) is 22.0 Å². The van der Waals surface area contributed by atoms with E-state index in [4.69, 9.17) is 0 Å². The van der Waals surface area contributed by atoms with E-state index >= 15 is 0 Å². The highest BCUT2D eigenvalue weighted by atomic mass is 19.4. The van der Waals surface area contributed by atoms with E-state index in [1.165, 1.54) is 6.07 Å². The van der Waals surface area contributed by atoms with Crippen LogP contribution < -0.4 is 4.74 Å². The first-order valence-electron chi connectivity index (χ1n) is 3.01. The SMILES string of the molecule is Fc1[c]c(OC(F)(F)F)c(F)cc1. The highest BCUT2D eigenvalue weighted by Gasteiger charge is 2.32. The van der Waals surface area contributed by atoms with Gasteiger partial charge in [0.15, 0.2) is 11.6 Å². The maximum atomic E-state index is 12.5. The summed E-state index contributed by atoms with van der Waals surface area (Å²) in [5.41, 5.74) is 0.